The lowest BCUT2D eigenvalue weighted by Crippen LogP contribution is -2.14. The van der Waals surface area contributed by atoms with Crippen molar-refractivity contribution in [2.24, 2.45) is 0 Å². The van der Waals surface area contributed by atoms with E-state index in [0.29, 0.717) is 6.61 Å². The second kappa shape index (κ2) is 12.4. The molecule has 0 aromatic heterocycles. The van der Waals surface area contributed by atoms with Crippen molar-refractivity contribution in [1.82, 2.24) is 5.32 Å². The van der Waals surface area contributed by atoms with Crippen molar-refractivity contribution < 1.29 is 9.47 Å². The highest BCUT2D eigenvalue weighted by atomic mass is 16.5. The van der Waals surface area contributed by atoms with Gasteiger partial charge in [-0.1, -0.05) is 69.0 Å². The molecule has 3 nitrogen and oxygen atoms in total. The van der Waals surface area contributed by atoms with E-state index in [-0.39, 0.29) is 0 Å². The zero-order valence-electron chi connectivity index (χ0n) is 16.3. The second-order valence-corrected chi connectivity index (χ2v) is 6.66. The van der Waals surface area contributed by atoms with E-state index in [1.807, 2.05) is 12.1 Å². The zero-order valence-corrected chi connectivity index (χ0v) is 16.3. The fourth-order valence-electron chi connectivity index (χ4n) is 2.95. The summed E-state index contributed by atoms with van der Waals surface area (Å²) in [6.45, 7) is 4.84. The Morgan fingerprint density at radius 1 is 0.846 bits per heavy atom. The van der Waals surface area contributed by atoms with Gasteiger partial charge in [-0.3, -0.25) is 0 Å². The van der Waals surface area contributed by atoms with Crippen LogP contribution in [-0.4, -0.2) is 20.3 Å². The molecule has 0 spiro atoms. The molecule has 0 fully saturated rings. The Balaban J connectivity index is 1.73. The van der Waals surface area contributed by atoms with Gasteiger partial charge in [0, 0.05) is 13.0 Å². The molecule has 0 aliphatic heterocycles. The van der Waals surface area contributed by atoms with E-state index in [1.54, 1.807) is 7.11 Å². The molecule has 0 heterocycles. The molecule has 26 heavy (non-hydrogen) atoms. The van der Waals surface area contributed by atoms with E-state index in [0.717, 1.165) is 31.0 Å². The lowest BCUT2D eigenvalue weighted by molar-refractivity contribution is 0.297. The number of ether oxygens (including phenoxy) is 2. The maximum atomic E-state index is 5.92. The Hall–Kier alpha value is -2.00. The van der Waals surface area contributed by atoms with Gasteiger partial charge in [-0.2, -0.15) is 0 Å². The van der Waals surface area contributed by atoms with Crippen molar-refractivity contribution in [3.05, 3.63) is 59.7 Å². The van der Waals surface area contributed by atoms with Gasteiger partial charge in [-0.15, -0.1) is 0 Å². The van der Waals surface area contributed by atoms with Crippen molar-refractivity contribution in [2.45, 2.75) is 52.0 Å². The molecule has 0 saturated carbocycles. The highest BCUT2D eigenvalue weighted by Gasteiger charge is 2.06. The monoisotopic (exact) mass is 355 g/mol. The van der Waals surface area contributed by atoms with Crippen LogP contribution in [0, 0.1) is 0 Å². The fraction of sp³-hybridized carbons (Fsp3) is 0.478. The zero-order chi connectivity index (χ0) is 18.5. The van der Waals surface area contributed by atoms with Crippen LogP contribution in [-0.2, 0) is 13.0 Å². The standard InChI is InChI=1S/C23H33NO2/c1-3-4-5-6-10-16-24-19-21-13-14-22(23(18-21)25-2)26-17-15-20-11-8-7-9-12-20/h7-9,11-14,18,24H,3-6,10,15-17,19H2,1-2H3. The molecule has 2 aromatic carbocycles. The molecule has 0 radical (unpaired) electrons. The minimum Gasteiger partial charge on any atom is -0.493 e. The lowest BCUT2D eigenvalue weighted by Gasteiger charge is -2.13. The van der Waals surface area contributed by atoms with Gasteiger partial charge < -0.3 is 14.8 Å². The average molecular weight is 356 g/mol. The van der Waals surface area contributed by atoms with Gasteiger partial charge >= 0.3 is 0 Å². The largest absolute Gasteiger partial charge is 0.493 e. The first kappa shape index (κ1) is 20.3. The Morgan fingerprint density at radius 3 is 2.42 bits per heavy atom. The highest BCUT2D eigenvalue weighted by Crippen LogP contribution is 2.28. The summed E-state index contributed by atoms with van der Waals surface area (Å²) < 4.78 is 11.4. The summed E-state index contributed by atoms with van der Waals surface area (Å²) in [5.74, 6) is 1.62. The summed E-state index contributed by atoms with van der Waals surface area (Å²) in [7, 11) is 1.70. The van der Waals surface area contributed by atoms with Crippen LogP contribution >= 0.6 is 0 Å². The van der Waals surface area contributed by atoms with Gasteiger partial charge in [0.25, 0.3) is 0 Å². The van der Waals surface area contributed by atoms with Crippen molar-refractivity contribution in [1.29, 1.82) is 0 Å². The van der Waals surface area contributed by atoms with Crippen LogP contribution in [0.4, 0.5) is 0 Å². The Morgan fingerprint density at radius 2 is 1.65 bits per heavy atom. The fourth-order valence-corrected chi connectivity index (χ4v) is 2.95. The van der Waals surface area contributed by atoms with Crippen molar-refractivity contribution >= 4 is 0 Å². The van der Waals surface area contributed by atoms with Crippen molar-refractivity contribution in [3.63, 3.8) is 0 Å². The summed E-state index contributed by atoms with van der Waals surface area (Å²) in [6, 6.07) is 16.6. The Labute approximate surface area is 158 Å². The molecule has 0 aliphatic rings. The molecule has 142 valence electrons. The molecule has 0 saturated heterocycles. The molecule has 0 aliphatic carbocycles. The van der Waals surface area contributed by atoms with Gasteiger partial charge in [0.15, 0.2) is 11.5 Å². The summed E-state index contributed by atoms with van der Waals surface area (Å²) in [5, 5.41) is 3.52. The third kappa shape index (κ3) is 7.49. The smallest absolute Gasteiger partial charge is 0.161 e. The summed E-state index contributed by atoms with van der Waals surface area (Å²) >= 11 is 0. The molecule has 2 rings (SSSR count). The molecular weight excluding hydrogens is 322 g/mol. The van der Waals surface area contributed by atoms with Crippen LogP contribution in [0.5, 0.6) is 11.5 Å². The number of hydrogen-bond donors (Lipinski definition) is 1. The quantitative estimate of drug-likeness (QED) is 0.490. The summed E-state index contributed by atoms with van der Waals surface area (Å²) in [5.41, 5.74) is 2.51. The second-order valence-electron chi connectivity index (χ2n) is 6.66. The van der Waals surface area contributed by atoms with E-state index < -0.39 is 0 Å². The molecule has 3 heteroatoms. The average Bonchev–Trinajstić information content (AvgIpc) is 2.69. The number of methoxy groups -OCH3 is 1. The normalized spacial score (nSPS) is 10.7. The van der Waals surface area contributed by atoms with E-state index >= 15 is 0 Å². The predicted molar refractivity (Wildman–Crippen MR) is 109 cm³/mol. The van der Waals surface area contributed by atoms with Crippen molar-refractivity contribution in [2.75, 3.05) is 20.3 Å². The van der Waals surface area contributed by atoms with Gasteiger partial charge in [0.1, 0.15) is 0 Å². The molecule has 0 bridgehead atoms. The first-order valence-electron chi connectivity index (χ1n) is 9.88. The minimum atomic E-state index is 0.649. The molecule has 0 amide bonds. The van der Waals surface area contributed by atoms with E-state index in [9.17, 15) is 0 Å². The first-order valence-corrected chi connectivity index (χ1v) is 9.88. The highest BCUT2D eigenvalue weighted by molar-refractivity contribution is 5.43. The maximum Gasteiger partial charge on any atom is 0.161 e. The minimum absolute atomic E-state index is 0.649. The number of unbranched alkanes of at least 4 members (excludes halogenated alkanes) is 4. The van der Waals surface area contributed by atoms with Crippen LogP contribution in [0.1, 0.15) is 50.2 Å². The predicted octanol–water partition coefficient (Wildman–Crippen LogP) is 5.38. The van der Waals surface area contributed by atoms with E-state index in [2.05, 4.69) is 48.6 Å². The topological polar surface area (TPSA) is 30.5 Å². The lowest BCUT2D eigenvalue weighted by atomic mass is 10.1. The Kier molecular flexibility index (Phi) is 9.66. The molecule has 1 N–H and O–H groups in total. The molecular formula is C23H33NO2. The molecule has 0 atom stereocenters. The molecule has 0 unspecified atom stereocenters. The number of rotatable bonds is 13. The van der Waals surface area contributed by atoms with E-state index in [1.165, 1.54) is 43.2 Å². The van der Waals surface area contributed by atoms with Crippen LogP contribution in [0.3, 0.4) is 0 Å². The summed E-state index contributed by atoms with van der Waals surface area (Å²) in [6.07, 6.45) is 7.46. The van der Waals surface area contributed by atoms with Crippen molar-refractivity contribution in [3.8, 4) is 11.5 Å². The first-order chi connectivity index (χ1) is 12.8. The number of hydrogen-bond acceptors (Lipinski definition) is 3. The van der Waals surface area contributed by atoms with E-state index in [4.69, 9.17) is 9.47 Å². The maximum absolute atomic E-state index is 5.92. The number of benzene rings is 2. The van der Waals surface area contributed by atoms with Gasteiger partial charge in [0.2, 0.25) is 0 Å². The van der Waals surface area contributed by atoms with Gasteiger partial charge in [-0.25, -0.2) is 0 Å². The van der Waals surface area contributed by atoms with Gasteiger partial charge in [0.05, 0.1) is 13.7 Å². The number of nitrogens with one attached hydrogen (secondary N) is 1. The van der Waals surface area contributed by atoms with Gasteiger partial charge in [-0.05, 0) is 36.2 Å². The SMILES string of the molecule is CCCCCCCNCc1ccc(OCCc2ccccc2)c(OC)c1. The Bertz CT molecular complexity index is 613. The van der Waals surface area contributed by atoms with Crippen LogP contribution in [0.25, 0.3) is 0 Å². The third-order valence-corrected chi connectivity index (χ3v) is 4.51. The molecule has 2 aromatic rings. The third-order valence-electron chi connectivity index (χ3n) is 4.51. The van der Waals surface area contributed by atoms with Crippen LogP contribution in [0.2, 0.25) is 0 Å². The van der Waals surface area contributed by atoms with Crippen LogP contribution in [0.15, 0.2) is 48.5 Å². The summed E-state index contributed by atoms with van der Waals surface area (Å²) in [4.78, 5) is 0. The van der Waals surface area contributed by atoms with Crippen LogP contribution < -0.4 is 14.8 Å².